The van der Waals surface area contributed by atoms with Crippen LogP contribution in [0.15, 0.2) is 11.5 Å². The lowest BCUT2D eigenvalue weighted by molar-refractivity contribution is 0.0796. The molecule has 0 N–H and O–H groups in total. The van der Waals surface area contributed by atoms with E-state index in [4.69, 9.17) is 4.74 Å². The summed E-state index contributed by atoms with van der Waals surface area (Å²) in [4.78, 5) is 2.46. The molecule has 1 atom stereocenters. The Morgan fingerprint density at radius 2 is 2.00 bits per heavy atom. The Bertz CT molecular complexity index is 198. The van der Waals surface area contributed by atoms with Gasteiger partial charge in [0.1, 0.15) is 12.4 Å². The maximum Gasteiger partial charge on any atom is 0.115 e. The number of hydrogen-bond acceptors (Lipinski definition) is 2. The van der Waals surface area contributed by atoms with Gasteiger partial charge in [-0.3, -0.25) is 0 Å². The van der Waals surface area contributed by atoms with Crippen molar-refractivity contribution in [3.05, 3.63) is 11.5 Å². The summed E-state index contributed by atoms with van der Waals surface area (Å²) in [5.41, 5.74) is 1.41. The van der Waals surface area contributed by atoms with Gasteiger partial charge in [0.15, 0.2) is 0 Å². The molecule has 0 aliphatic carbocycles. The molecular weight excluding hydrogens is 162 g/mol. The Balaban J connectivity index is 2.88. The van der Waals surface area contributed by atoms with Crippen LogP contribution in [0.4, 0.5) is 0 Å². The minimum atomic E-state index is 0.537. The molecule has 0 aromatic heterocycles. The van der Waals surface area contributed by atoms with Crippen molar-refractivity contribution in [3.63, 3.8) is 0 Å². The zero-order valence-corrected chi connectivity index (χ0v) is 9.26. The van der Waals surface area contributed by atoms with Crippen molar-refractivity contribution in [3.8, 4) is 0 Å². The molecule has 0 aromatic carbocycles. The predicted octanol–water partition coefficient (Wildman–Crippen LogP) is 2.76. The molecule has 1 rings (SSSR count). The van der Waals surface area contributed by atoms with Crippen LogP contribution in [0.1, 0.15) is 40.5 Å². The minimum absolute atomic E-state index is 0.537. The molecule has 0 spiro atoms. The van der Waals surface area contributed by atoms with Crippen molar-refractivity contribution in [2.24, 2.45) is 0 Å². The SMILES string of the molecule is CCC1=C(CC)N(CC)[C@@H](C)CO1. The van der Waals surface area contributed by atoms with Crippen molar-refractivity contribution in [2.45, 2.75) is 46.6 Å². The molecule has 0 unspecified atom stereocenters. The van der Waals surface area contributed by atoms with Gasteiger partial charge in [-0.1, -0.05) is 13.8 Å². The third-order valence-corrected chi connectivity index (χ3v) is 2.70. The number of ether oxygens (including phenoxy) is 1. The fourth-order valence-electron chi connectivity index (χ4n) is 2.03. The lowest BCUT2D eigenvalue weighted by atomic mass is 10.1. The van der Waals surface area contributed by atoms with E-state index < -0.39 is 0 Å². The molecule has 0 aromatic rings. The van der Waals surface area contributed by atoms with Gasteiger partial charge in [0.05, 0.1) is 11.7 Å². The van der Waals surface area contributed by atoms with Gasteiger partial charge >= 0.3 is 0 Å². The highest BCUT2D eigenvalue weighted by Crippen LogP contribution is 2.25. The molecule has 2 heteroatoms. The van der Waals surface area contributed by atoms with Crippen LogP contribution in [0.2, 0.25) is 0 Å². The minimum Gasteiger partial charge on any atom is -0.494 e. The second-order valence-electron chi connectivity index (χ2n) is 3.52. The Morgan fingerprint density at radius 1 is 1.31 bits per heavy atom. The average Bonchev–Trinajstić information content (AvgIpc) is 2.17. The summed E-state index contributed by atoms with van der Waals surface area (Å²) in [5.74, 6) is 1.20. The quantitative estimate of drug-likeness (QED) is 0.667. The Labute approximate surface area is 81.6 Å². The molecular formula is C11H21NO. The number of hydrogen-bond donors (Lipinski definition) is 0. The van der Waals surface area contributed by atoms with Crippen LogP contribution in [-0.2, 0) is 4.74 Å². The lowest BCUT2D eigenvalue weighted by Gasteiger charge is -2.37. The van der Waals surface area contributed by atoms with Gasteiger partial charge < -0.3 is 9.64 Å². The topological polar surface area (TPSA) is 12.5 Å². The van der Waals surface area contributed by atoms with Crippen LogP contribution in [0.3, 0.4) is 0 Å². The van der Waals surface area contributed by atoms with E-state index in [1.807, 2.05) is 0 Å². The van der Waals surface area contributed by atoms with Gasteiger partial charge in [0, 0.05) is 13.0 Å². The molecule has 0 radical (unpaired) electrons. The zero-order valence-electron chi connectivity index (χ0n) is 9.26. The highest BCUT2D eigenvalue weighted by molar-refractivity contribution is 5.11. The van der Waals surface area contributed by atoms with Gasteiger partial charge in [-0.15, -0.1) is 0 Å². The van der Waals surface area contributed by atoms with Crippen LogP contribution >= 0.6 is 0 Å². The zero-order chi connectivity index (χ0) is 9.84. The summed E-state index contributed by atoms with van der Waals surface area (Å²) in [6.07, 6.45) is 2.10. The van der Waals surface area contributed by atoms with Crippen molar-refractivity contribution in [2.75, 3.05) is 13.2 Å². The second-order valence-corrected chi connectivity index (χ2v) is 3.52. The van der Waals surface area contributed by atoms with Crippen LogP contribution in [0.5, 0.6) is 0 Å². The molecule has 0 bridgehead atoms. The molecule has 0 amide bonds. The van der Waals surface area contributed by atoms with Crippen LogP contribution in [0.25, 0.3) is 0 Å². The number of likely N-dealkylation sites (N-methyl/N-ethyl adjacent to an activating group) is 1. The largest absolute Gasteiger partial charge is 0.494 e. The highest BCUT2D eigenvalue weighted by atomic mass is 16.5. The van der Waals surface area contributed by atoms with Gasteiger partial charge in [0.25, 0.3) is 0 Å². The normalized spacial score (nSPS) is 23.4. The first-order valence-corrected chi connectivity index (χ1v) is 5.35. The monoisotopic (exact) mass is 183 g/mol. The standard InChI is InChI=1S/C11H21NO/c1-5-10-11(6-2)13-8-9(4)12(10)7-3/h9H,5-8H2,1-4H3/t9-/m0/s1. The van der Waals surface area contributed by atoms with E-state index in [0.29, 0.717) is 6.04 Å². The summed E-state index contributed by atoms with van der Waals surface area (Å²) in [6.45, 7) is 10.7. The summed E-state index contributed by atoms with van der Waals surface area (Å²) in [7, 11) is 0. The molecule has 1 aliphatic heterocycles. The molecule has 2 nitrogen and oxygen atoms in total. The van der Waals surface area contributed by atoms with Gasteiger partial charge in [0.2, 0.25) is 0 Å². The molecule has 0 fully saturated rings. The average molecular weight is 183 g/mol. The fraction of sp³-hybridized carbons (Fsp3) is 0.818. The van der Waals surface area contributed by atoms with Crippen LogP contribution in [-0.4, -0.2) is 24.1 Å². The first kappa shape index (κ1) is 10.4. The highest BCUT2D eigenvalue weighted by Gasteiger charge is 2.23. The first-order valence-electron chi connectivity index (χ1n) is 5.35. The van der Waals surface area contributed by atoms with E-state index in [1.165, 1.54) is 11.5 Å². The predicted molar refractivity (Wildman–Crippen MR) is 55.4 cm³/mol. The Kier molecular flexibility index (Phi) is 3.64. The van der Waals surface area contributed by atoms with Crippen molar-refractivity contribution in [1.82, 2.24) is 4.90 Å². The maximum absolute atomic E-state index is 5.71. The van der Waals surface area contributed by atoms with Gasteiger partial charge in [-0.05, 0) is 20.3 Å². The second kappa shape index (κ2) is 4.54. The third kappa shape index (κ3) is 1.98. The van der Waals surface area contributed by atoms with Crippen molar-refractivity contribution in [1.29, 1.82) is 0 Å². The molecule has 76 valence electrons. The Morgan fingerprint density at radius 3 is 2.46 bits per heavy atom. The summed E-state index contributed by atoms with van der Waals surface area (Å²) < 4.78 is 5.71. The lowest BCUT2D eigenvalue weighted by Crippen LogP contribution is -2.39. The maximum atomic E-state index is 5.71. The third-order valence-electron chi connectivity index (χ3n) is 2.70. The molecule has 13 heavy (non-hydrogen) atoms. The number of rotatable bonds is 3. The molecule has 1 aliphatic rings. The molecule has 1 heterocycles. The van der Waals surface area contributed by atoms with Crippen LogP contribution in [0, 0.1) is 0 Å². The van der Waals surface area contributed by atoms with Crippen molar-refractivity contribution >= 4 is 0 Å². The smallest absolute Gasteiger partial charge is 0.115 e. The van der Waals surface area contributed by atoms with Crippen molar-refractivity contribution < 1.29 is 4.74 Å². The number of nitrogens with zero attached hydrogens (tertiary/aromatic N) is 1. The van der Waals surface area contributed by atoms with E-state index in [0.717, 1.165) is 26.0 Å². The molecule has 0 saturated heterocycles. The number of allylic oxidation sites excluding steroid dienone is 2. The van der Waals surface area contributed by atoms with Gasteiger partial charge in [-0.25, -0.2) is 0 Å². The first-order chi connectivity index (χ1) is 6.24. The summed E-state index contributed by atoms with van der Waals surface area (Å²) in [5, 5.41) is 0. The Hall–Kier alpha value is -0.660. The summed E-state index contributed by atoms with van der Waals surface area (Å²) in [6, 6.07) is 0.537. The van der Waals surface area contributed by atoms with E-state index in [1.54, 1.807) is 0 Å². The van der Waals surface area contributed by atoms with E-state index >= 15 is 0 Å². The fourth-order valence-corrected chi connectivity index (χ4v) is 2.03. The summed E-state index contributed by atoms with van der Waals surface area (Å²) >= 11 is 0. The van der Waals surface area contributed by atoms with E-state index in [-0.39, 0.29) is 0 Å². The van der Waals surface area contributed by atoms with E-state index in [2.05, 4.69) is 32.6 Å². The van der Waals surface area contributed by atoms with E-state index in [9.17, 15) is 0 Å². The van der Waals surface area contributed by atoms with Gasteiger partial charge in [-0.2, -0.15) is 0 Å². The van der Waals surface area contributed by atoms with Crippen LogP contribution < -0.4 is 0 Å². The molecule has 0 saturated carbocycles.